The topological polar surface area (TPSA) is 156 Å². The zero-order valence-electron chi connectivity index (χ0n) is 36.7. The lowest BCUT2D eigenvalue weighted by Gasteiger charge is -2.43. The third-order valence-corrected chi connectivity index (χ3v) is 12.9. The lowest BCUT2D eigenvalue weighted by molar-refractivity contribution is -0.145. The van der Waals surface area contributed by atoms with Crippen LogP contribution in [0.3, 0.4) is 0 Å². The molecule has 2 aromatic carbocycles. The zero-order valence-corrected chi connectivity index (χ0v) is 36.7. The number of carbonyl (C=O) groups excluding carboxylic acids is 5. The van der Waals surface area contributed by atoms with Crippen molar-refractivity contribution in [1.82, 2.24) is 29.4 Å². The number of likely N-dealkylation sites (tertiary alicyclic amines) is 2. The van der Waals surface area contributed by atoms with E-state index in [1.807, 2.05) is 67.0 Å². The fourth-order valence-corrected chi connectivity index (χ4v) is 9.21. The Kier molecular flexibility index (Phi) is 16.3. The molecule has 4 aliphatic heterocycles. The number of phenolic OH excluding ortho intramolecular Hbond substituents is 1. The second-order valence-corrected chi connectivity index (χ2v) is 17.2. The van der Waals surface area contributed by atoms with Gasteiger partial charge >= 0.3 is 18.1 Å². The van der Waals surface area contributed by atoms with Crippen LogP contribution in [-0.2, 0) is 36.7 Å². The van der Waals surface area contributed by atoms with Crippen LogP contribution < -0.4 is 5.32 Å². The Morgan fingerprint density at radius 2 is 1.54 bits per heavy atom. The molecule has 4 aliphatic rings. The van der Waals surface area contributed by atoms with Crippen LogP contribution in [0.2, 0.25) is 0 Å². The Morgan fingerprint density at radius 3 is 2.23 bits per heavy atom. The minimum atomic E-state index is -1.03. The summed E-state index contributed by atoms with van der Waals surface area (Å²) < 4.78 is 11.5. The lowest BCUT2D eigenvalue weighted by Crippen LogP contribution is -2.56. The van der Waals surface area contributed by atoms with E-state index in [0.717, 1.165) is 68.7 Å². The van der Waals surface area contributed by atoms with Crippen molar-refractivity contribution in [1.29, 1.82) is 0 Å². The third kappa shape index (κ3) is 12.4. The highest BCUT2D eigenvalue weighted by atomic mass is 16.6. The van der Waals surface area contributed by atoms with Crippen LogP contribution in [0.15, 0.2) is 36.4 Å². The predicted molar refractivity (Wildman–Crippen MR) is 232 cm³/mol. The second kappa shape index (κ2) is 21.8. The Hall–Kier alpha value is -4.89. The number of piperazine rings is 1. The number of rotatable bonds is 15. The van der Waals surface area contributed by atoms with Crippen LogP contribution in [0, 0.1) is 13.8 Å². The van der Waals surface area contributed by atoms with Gasteiger partial charge < -0.3 is 44.4 Å². The third-order valence-electron chi connectivity index (χ3n) is 12.9. The Balaban J connectivity index is 0.958. The summed E-state index contributed by atoms with van der Waals surface area (Å²) in [7, 11) is 1.78. The van der Waals surface area contributed by atoms with E-state index in [0.29, 0.717) is 102 Å². The fourth-order valence-electron chi connectivity index (χ4n) is 9.21. The highest BCUT2D eigenvalue weighted by Crippen LogP contribution is 2.27. The quantitative estimate of drug-likeness (QED) is 0.189. The largest absolute Gasteiger partial charge is 0.507 e. The van der Waals surface area contributed by atoms with Crippen molar-refractivity contribution in [3.8, 4) is 5.75 Å². The number of ether oxygens (including phenoxy) is 2. The van der Waals surface area contributed by atoms with Crippen LogP contribution in [0.25, 0.3) is 0 Å². The normalized spacial score (nSPS) is 18.8. The molecule has 0 saturated carbocycles. The number of aromatic hydroxyl groups is 1. The summed E-state index contributed by atoms with van der Waals surface area (Å²) in [6.07, 6.45) is 4.91. The molecule has 1 atom stereocenters. The number of para-hydroxylation sites is 1. The van der Waals surface area contributed by atoms with Gasteiger partial charge in [-0.3, -0.25) is 19.3 Å². The number of hydrogen-bond acceptors (Lipinski definition) is 10. The molecule has 0 aliphatic carbocycles. The average molecular weight is 846 g/mol. The first-order valence-corrected chi connectivity index (χ1v) is 22.4. The highest BCUT2D eigenvalue weighted by Gasteiger charge is 2.36. The van der Waals surface area contributed by atoms with E-state index in [1.54, 1.807) is 16.8 Å². The van der Waals surface area contributed by atoms with Crippen LogP contribution in [-0.4, -0.2) is 168 Å². The SMILES string of the molecule is CCCC(=O)N(C)CCCOC(=O)CCN1CCC(N2CCN(C(=O)[C@@H](Cc3cc(C)c(O)c(C)c3)OC(=O)N3CCC(N4CCc5ccccc5NC4=O)CC3)CC2)CC1. The molecule has 4 heterocycles. The van der Waals surface area contributed by atoms with Gasteiger partial charge in [0.1, 0.15) is 5.75 Å². The van der Waals surface area contributed by atoms with Crippen molar-refractivity contribution in [3.63, 3.8) is 0 Å². The highest BCUT2D eigenvalue weighted by molar-refractivity contribution is 5.91. The van der Waals surface area contributed by atoms with Crippen molar-refractivity contribution in [2.75, 3.05) is 91.0 Å². The van der Waals surface area contributed by atoms with Gasteiger partial charge in [0.05, 0.1) is 13.0 Å². The Morgan fingerprint density at radius 1 is 0.869 bits per heavy atom. The number of aryl methyl sites for hydroxylation is 2. The predicted octanol–water partition coefficient (Wildman–Crippen LogP) is 4.80. The molecule has 0 unspecified atom stereocenters. The molecule has 15 nitrogen and oxygen atoms in total. The van der Waals surface area contributed by atoms with Gasteiger partial charge in [0.25, 0.3) is 5.91 Å². The fraction of sp³-hybridized carbons (Fsp3) is 0.630. The summed E-state index contributed by atoms with van der Waals surface area (Å²) in [4.78, 5) is 77.3. The molecule has 0 radical (unpaired) electrons. The van der Waals surface area contributed by atoms with Gasteiger partial charge in [-0.15, -0.1) is 0 Å². The first kappa shape index (κ1) is 45.6. The molecule has 5 amide bonds. The van der Waals surface area contributed by atoms with Crippen molar-refractivity contribution in [2.24, 2.45) is 0 Å². The Bertz CT molecular complexity index is 1810. The zero-order chi connectivity index (χ0) is 43.5. The Labute approximate surface area is 361 Å². The van der Waals surface area contributed by atoms with Crippen LogP contribution in [0.4, 0.5) is 15.3 Å². The maximum Gasteiger partial charge on any atom is 0.410 e. The smallest absolute Gasteiger partial charge is 0.410 e. The molecule has 6 rings (SSSR count). The number of piperidine rings is 2. The molecular formula is C46H67N7O8. The van der Waals surface area contributed by atoms with Crippen molar-refractivity contribution < 1.29 is 38.6 Å². The van der Waals surface area contributed by atoms with Gasteiger partial charge in [0.2, 0.25) is 5.91 Å². The van der Waals surface area contributed by atoms with Gasteiger partial charge in [0.15, 0.2) is 6.10 Å². The number of fused-ring (bicyclic) bond motifs is 1. The molecule has 2 N–H and O–H groups in total. The van der Waals surface area contributed by atoms with Crippen molar-refractivity contribution in [3.05, 3.63) is 58.7 Å². The molecule has 3 saturated heterocycles. The van der Waals surface area contributed by atoms with Crippen LogP contribution >= 0.6 is 0 Å². The monoisotopic (exact) mass is 846 g/mol. The molecule has 3 fully saturated rings. The van der Waals surface area contributed by atoms with Gasteiger partial charge in [-0.05, 0) is 100 Å². The summed E-state index contributed by atoms with van der Waals surface area (Å²) in [5.41, 5.74) is 4.17. The maximum atomic E-state index is 14.2. The summed E-state index contributed by atoms with van der Waals surface area (Å²) in [5.74, 6) is -0.0963. The van der Waals surface area contributed by atoms with E-state index in [2.05, 4.69) is 15.1 Å². The molecule has 0 bridgehead atoms. The number of nitrogens with zero attached hydrogens (tertiary/aromatic N) is 6. The first-order valence-electron chi connectivity index (χ1n) is 22.4. The molecule has 2 aromatic rings. The molecule has 334 valence electrons. The van der Waals surface area contributed by atoms with E-state index in [9.17, 15) is 29.1 Å². The minimum Gasteiger partial charge on any atom is -0.507 e. The number of amides is 5. The van der Waals surface area contributed by atoms with Crippen LogP contribution in [0.1, 0.15) is 80.5 Å². The maximum absolute atomic E-state index is 14.2. The van der Waals surface area contributed by atoms with Gasteiger partial charge in [0, 0.05) is 96.6 Å². The number of urea groups is 1. The standard InChI is InChI=1S/C46H67N7O8/c1-5-9-41(54)48(4)18-8-29-60-42(55)17-21-49-19-13-37(14-20-49)50-25-27-51(28-26-50)44(57)40(32-35-30-33(2)43(56)34(3)31-35)61-46(59)52-22-15-38(16-23-52)53-24-12-36-10-6-7-11-39(36)47-45(53)58/h6-7,10-11,30-31,37-38,40,56H,5,8-9,12-29,32H2,1-4H3,(H,47,58)/t40-/m1/s1. The average Bonchev–Trinajstić information content (AvgIpc) is 3.44. The van der Waals surface area contributed by atoms with Crippen LogP contribution in [0.5, 0.6) is 5.75 Å². The number of hydrogen-bond donors (Lipinski definition) is 2. The summed E-state index contributed by atoms with van der Waals surface area (Å²) in [5, 5.41) is 13.5. The van der Waals surface area contributed by atoms with Crippen molar-refractivity contribution >= 4 is 35.6 Å². The van der Waals surface area contributed by atoms with E-state index in [4.69, 9.17) is 9.47 Å². The summed E-state index contributed by atoms with van der Waals surface area (Å²) in [6.45, 7) is 12.9. The number of carbonyl (C=O) groups is 5. The number of nitrogens with one attached hydrogen (secondary N) is 1. The van der Waals surface area contributed by atoms with Crippen molar-refractivity contribution in [2.45, 2.75) is 103 Å². The van der Waals surface area contributed by atoms with E-state index < -0.39 is 12.2 Å². The number of benzene rings is 2. The lowest BCUT2D eigenvalue weighted by atomic mass is 10.00. The number of phenols is 1. The summed E-state index contributed by atoms with van der Waals surface area (Å²) >= 11 is 0. The van der Waals surface area contributed by atoms with E-state index >= 15 is 0 Å². The van der Waals surface area contributed by atoms with E-state index in [-0.39, 0.29) is 42.0 Å². The van der Waals surface area contributed by atoms with Gasteiger partial charge in [-0.2, -0.15) is 0 Å². The molecular weight excluding hydrogens is 779 g/mol. The molecule has 0 spiro atoms. The summed E-state index contributed by atoms with van der Waals surface area (Å²) in [6, 6.07) is 11.8. The molecule has 0 aromatic heterocycles. The minimum absolute atomic E-state index is 0.0100. The number of esters is 1. The molecule has 15 heteroatoms. The van der Waals surface area contributed by atoms with E-state index in [1.165, 1.54) is 0 Å². The number of anilines is 1. The van der Waals surface area contributed by atoms with Gasteiger partial charge in [-0.25, -0.2) is 9.59 Å². The van der Waals surface area contributed by atoms with Gasteiger partial charge in [-0.1, -0.05) is 37.3 Å². The molecule has 61 heavy (non-hydrogen) atoms. The first-order chi connectivity index (χ1) is 29.4. The second-order valence-electron chi connectivity index (χ2n) is 17.2.